The number of piperidine rings is 1. The molecule has 0 aromatic carbocycles. The van der Waals surface area contributed by atoms with Gasteiger partial charge in [0.2, 0.25) is 10.0 Å². The number of hydrogen-bond donors (Lipinski definition) is 2. The first-order valence-corrected chi connectivity index (χ1v) is 7.69. The zero-order chi connectivity index (χ0) is 12.0. The van der Waals surface area contributed by atoms with Crippen molar-refractivity contribution in [2.45, 2.75) is 32.2 Å². The van der Waals surface area contributed by atoms with Crippen molar-refractivity contribution in [2.75, 3.05) is 31.9 Å². The maximum atomic E-state index is 11.0. The number of primary sulfonamides is 1. The predicted octanol–water partition coefficient (Wildman–Crippen LogP) is -0.261. The van der Waals surface area contributed by atoms with Gasteiger partial charge in [-0.3, -0.25) is 4.90 Å². The maximum Gasteiger partial charge on any atom is 0.210 e. The van der Waals surface area contributed by atoms with Crippen LogP contribution < -0.4 is 10.5 Å². The molecule has 1 atom stereocenters. The van der Waals surface area contributed by atoms with Gasteiger partial charge in [-0.2, -0.15) is 0 Å². The second kappa shape index (κ2) is 6.54. The average molecular weight is 249 g/mol. The third-order valence-corrected chi connectivity index (χ3v) is 3.71. The Balaban J connectivity index is 2.45. The second-order valence-electron chi connectivity index (χ2n) is 4.40. The van der Waals surface area contributed by atoms with E-state index in [-0.39, 0.29) is 5.75 Å². The minimum atomic E-state index is -3.34. The van der Waals surface area contributed by atoms with Crippen LogP contribution in [0.5, 0.6) is 0 Å². The van der Waals surface area contributed by atoms with Gasteiger partial charge in [-0.25, -0.2) is 13.6 Å². The van der Waals surface area contributed by atoms with E-state index in [1.165, 1.54) is 6.42 Å². The first kappa shape index (κ1) is 13.9. The quantitative estimate of drug-likeness (QED) is 0.680. The molecule has 1 rings (SSSR count). The van der Waals surface area contributed by atoms with Crippen molar-refractivity contribution < 1.29 is 8.42 Å². The van der Waals surface area contributed by atoms with Gasteiger partial charge in [0.15, 0.2) is 0 Å². The van der Waals surface area contributed by atoms with Crippen LogP contribution in [0, 0.1) is 0 Å². The zero-order valence-corrected chi connectivity index (χ0v) is 10.8. The highest BCUT2D eigenvalue weighted by atomic mass is 32.2. The Labute approximate surface area is 98.4 Å². The van der Waals surface area contributed by atoms with E-state index in [9.17, 15) is 8.42 Å². The Morgan fingerprint density at radius 2 is 2.19 bits per heavy atom. The van der Waals surface area contributed by atoms with Crippen LogP contribution >= 0.6 is 0 Å². The molecule has 1 saturated heterocycles. The Bertz CT molecular complexity index is 286. The van der Waals surface area contributed by atoms with Gasteiger partial charge in [0.25, 0.3) is 0 Å². The molecule has 3 N–H and O–H groups in total. The van der Waals surface area contributed by atoms with Crippen LogP contribution in [0.15, 0.2) is 0 Å². The SMILES string of the molecule is CCCN(CCS(N)(=O)=O)C1CCCNC1. The molecule has 1 aliphatic rings. The summed E-state index contributed by atoms with van der Waals surface area (Å²) in [5.41, 5.74) is 0. The molecule has 96 valence electrons. The van der Waals surface area contributed by atoms with Crippen molar-refractivity contribution in [2.24, 2.45) is 5.14 Å². The Kier molecular flexibility index (Phi) is 5.68. The van der Waals surface area contributed by atoms with Gasteiger partial charge in [0, 0.05) is 19.1 Å². The molecule has 0 amide bonds. The lowest BCUT2D eigenvalue weighted by atomic mass is 10.1. The summed E-state index contributed by atoms with van der Waals surface area (Å²) < 4.78 is 21.9. The summed E-state index contributed by atoms with van der Waals surface area (Å²) in [5.74, 6) is 0.0590. The van der Waals surface area contributed by atoms with E-state index < -0.39 is 10.0 Å². The van der Waals surface area contributed by atoms with E-state index in [1.807, 2.05) is 0 Å². The van der Waals surface area contributed by atoms with Gasteiger partial charge in [-0.1, -0.05) is 6.92 Å². The normalized spacial score (nSPS) is 22.6. The van der Waals surface area contributed by atoms with Gasteiger partial charge >= 0.3 is 0 Å². The van der Waals surface area contributed by atoms with Crippen LogP contribution in [0.4, 0.5) is 0 Å². The standard InChI is InChI=1S/C10H23N3O2S/c1-2-6-13(7-8-16(11,14)15)10-4-3-5-12-9-10/h10,12H,2-9H2,1H3,(H2,11,14,15). The smallest absolute Gasteiger partial charge is 0.210 e. The fourth-order valence-electron chi connectivity index (χ4n) is 2.15. The third kappa shape index (κ3) is 5.25. The molecule has 1 aliphatic heterocycles. The fourth-order valence-corrected chi connectivity index (χ4v) is 2.64. The number of nitrogens with zero attached hydrogens (tertiary/aromatic N) is 1. The maximum absolute atomic E-state index is 11.0. The van der Waals surface area contributed by atoms with Gasteiger partial charge in [0.05, 0.1) is 5.75 Å². The first-order chi connectivity index (χ1) is 7.53. The molecule has 0 aliphatic carbocycles. The minimum absolute atomic E-state index is 0.0590. The lowest BCUT2D eigenvalue weighted by Crippen LogP contribution is -2.48. The van der Waals surface area contributed by atoms with Crippen molar-refractivity contribution in [3.8, 4) is 0 Å². The summed E-state index contributed by atoms with van der Waals surface area (Å²) >= 11 is 0. The van der Waals surface area contributed by atoms with Crippen molar-refractivity contribution in [1.82, 2.24) is 10.2 Å². The van der Waals surface area contributed by atoms with Crippen LogP contribution in [-0.2, 0) is 10.0 Å². The van der Waals surface area contributed by atoms with Crippen molar-refractivity contribution in [1.29, 1.82) is 0 Å². The molecule has 1 heterocycles. The lowest BCUT2D eigenvalue weighted by Gasteiger charge is -2.34. The molecule has 0 aromatic heterocycles. The molecule has 0 spiro atoms. The topological polar surface area (TPSA) is 75.4 Å². The lowest BCUT2D eigenvalue weighted by molar-refractivity contribution is 0.175. The summed E-state index contributed by atoms with van der Waals surface area (Å²) in [7, 11) is -3.34. The summed E-state index contributed by atoms with van der Waals surface area (Å²) in [5, 5.41) is 8.39. The van der Waals surface area contributed by atoms with E-state index in [4.69, 9.17) is 5.14 Å². The van der Waals surface area contributed by atoms with E-state index in [2.05, 4.69) is 17.1 Å². The second-order valence-corrected chi connectivity index (χ2v) is 6.14. The number of rotatable bonds is 6. The van der Waals surface area contributed by atoms with Gasteiger partial charge in [-0.15, -0.1) is 0 Å². The molecular weight excluding hydrogens is 226 g/mol. The first-order valence-electron chi connectivity index (χ1n) is 5.98. The number of nitrogens with two attached hydrogens (primary N) is 1. The molecule has 0 saturated carbocycles. The summed E-state index contributed by atoms with van der Waals surface area (Å²) in [6.45, 7) is 5.65. The highest BCUT2D eigenvalue weighted by molar-refractivity contribution is 7.89. The van der Waals surface area contributed by atoms with Gasteiger partial charge in [0.1, 0.15) is 0 Å². The zero-order valence-electron chi connectivity index (χ0n) is 9.98. The molecule has 6 heteroatoms. The fraction of sp³-hybridized carbons (Fsp3) is 1.00. The average Bonchev–Trinajstić information content (AvgIpc) is 2.24. The molecule has 5 nitrogen and oxygen atoms in total. The molecule has 0 radical (unpaired) electrons. The summed E-state index contributed by atoms with van der Waals surface area (Å²) in [6.07, 6.45) is 3.36. The molecule has 16 heavy (non-hydrogen) atoms. The van der Waals surface area contributed by atoms with Crippen molar-refractivity contribution in [3.63, 3.8) is 0 Å². The highest BCUT2D eigenvalue weighted by Gasteiger charge is 2.21. The number of nitrogens with one attached hydrogen (secondary N) is 1. The summed E-state index contributed by atoms with van der Waals surface area (Å²) in [4.78, 5) is 2.25. The van der Waals surface area contributed by atoms with Crippen LogP contribution in [0.3, 0.4) is 0 Å². The molecule has 0 aromatic rings. The van der Waals surface area contributed by atoms with Crippen LogP contribution in [0.2, 0.25) is 0 Å². The largest absolute Gasteiger partial charge is 0.315 e. The number of hydrogen-bond acceptors (Lipinski definition) is 4. The summed E-state index contributed by atoms with van der Waals surface area (Å²) in [6, 6.07) is 0.468. The minimum Gasteiger partial charge on any atom is -0.315 e. The van der Waals surface area contributed by atoms with E-state index in [0.29, 0.717) is 12.6 Å². The van der Waals surface area contributed by atoms with Crippen LogP contribution in [0.1, 0.15) is 26.2 Å². The van der Waals surface area contributed by atoms with Crippen LogP contribution in [-0.4, -0.2) is 51.3 Å². The monoisotopic (exact) mass is 249 g/mol. The number of sulfonamides is 1. The molecule has 1 unspecified atom stereocenters. The molecule has 1 fully saturated rings. The third-order valence-electron chi connectivity index (χ3n) is 2.96. The predicted molar refractivity (Wildman–Crippen MR) is 65.7 cm³/mol. The Morgan fingerprint density at radius 3 is 2.69 bits per heavy atom. The van der Waals surface area contributed by atoms with Crippen molar-refractivity contribution in [3.05, 3.63) is 0 Å². The Morgan fingerprint density at radius 1 is 1.44 bits per heavy atom. The van der Waals surface area contributed by atoms with Gasteiger partial charge < -0.3 is 5.32 Å². The highest BCUT2D eigenvalue weighted by Crippen LogP contribution is 2.10. The van der Waals surface area contributed by atoms with Crippen molar-refractivity contribution >= 4 is 10.0 Å². The van der Waals surface area contributed by atoms with Crippen LogP contribution in [0.25, 0.3) is 0 Å². The van der Waals surface area contributed by atoms with Gasteiger partial charge in [-0.05, 0) is 32.4 Å². The van der Waals surface area contributed by atoms with E-state index >= 15 is 0 Å². The van der Waals surface area contributed by atoms with E-state index in [0.717, 1.165) is 32.5 Å². The molecule has 0 bridgehead atoms. The Hall–Kier alpha value is -0.170. The van der Waals surface area contributed by atoms with E-state index in [1.54, 1.807) is 0 Å². The molecular formula is C10H23N3O2S.